The highest BCUT2D eigenvalue weighted by Gasteiger charge is 2.18. The van der Waals surface area contributed by atoms with Crippen LogP contribution >= 0.6 is 0 Å². The molecular weight excluding hydrogens is 416 g/mol. The maximum atomic E-state index is 12.9. The summed E-state index contributed by atoms with van der Waals surface area (Å²) in [5.74, 6) is 0. The van der Waals surface area contributed by atoms with Crippen LogP contribution in [0.25, 0.3) is 28.3 Å². The number of nitrogens with one attached hydrogen (secondary N) is 1. The van der Waals surface area contributed by atoms with Crippen molar-refractivity contribution >= 4 is 43.8 Å². The van der Waals surface area contributed by atoms with Crippen molar-refractivity contribution in [2.75, 3.05) is 11.4 Å². The fraction of sp³-hybridized carbons (Fsp3) is 0.111. The molecule has 0 aliphatic carbocycles. The van der Waals surface area contributed by atoms with E-state index in [4.69, 9.17) is 0 Å². The summed E-state index contributed by atoms with van der Waals surface area (Å²) in [6, 6.07) is 26.3. The first-order valence-corrected chi connectivity index (χ1v) is 12.1. The monoisotopic (exact) mass is 440 g/mol. The van der Waals surface area contributed by atoms with E-state index in [0.717, 1.165) is 34.0 Å². The molecule has 1 heterocycles. The molecule has 0 saturated heterocycles. The van der Waals surface area contributed by atoms with E-state index in [1.54, 1.807) is 36.4 Å². The van der Waals surface area contributed by atoms with Crippen LogP contribution in [-0.2, 0) is 16.4 Å². The van der Waals surface area contributed by atoms with Gasteiger partial charge in [-0.15, -0.1) is 0 Å². The Hall–Kier alpha value is -3.57. The molecule has 0 aliphatic heterocycles. The Morgan fingerprint density at radius 1 is 0.812 bits per heavy atom. The molecular formula is C27H24N2O2S. The van der Waals surface area contributed by atoms with E-state index in [1.807, 2.05) is 18.2 Å². The molecule has 0 spiro atoms. The molecule has 0 unspecified atom stereocenters. The molecule has 1 aromatic heterocycles. The number of aromatic amines is 1. The van der Waals surface area contributed by atoms with Crippen LogP contribution in [-0.4, -0.2) is 19.9 Å². The van der Waals surface area contributed by atoms with Crippen LogP contribution in [0, 0.1) is 0 Å². The van der Waals surface area contributed by atoms with Crippen LogP contribution in [0.3, 0.4) is 0 Å². The van der Waals surface area contributed by atoms with Crippen LogP contribution in [0.5, 0.6) is 0 Å². The second-order valence-electron chi connectivity index (χ2n) is 7.94. The highest BCUT2D eigenvalue weighted by Crippen LogP contribution is 2.33. The Morgan fingerprint density at radius 3 is 2.22 bits per heavy atom. The van der Waals surface area contributed by atoms with Gasteiger partial charge in [0, 0.05) is 45.8 Å². The number of aromatic nitrogens is 1. The van der Waals surface area contributed by atoms with Gasteiger partial charge in [-0.3, -0.25) is 0 Å². The molecule has 4 aromatic carbocycles. The summed E-state index contributed by atoms with van der Waals surface area (Å²) in [6.07, 6.45) is 0. The Kier molecular flexibility index (Phi) is 4.98. The number of H-pyrrole nitrogens is 1. The number of rotatable bonds is 6. The van der Waals surface area contributed by atoms with Gasteiger partial charge >= 0.3 is 0 Å². The average Bonchev–Trinajstić information content (AvgIpc) is 3.16. The summed E-state index contributed by atoms with van der Waals surface area (Å²) in [5, 5.41) is 4.47. The molecule has 1 N–H and O–H groups in total. The van der Waals surface area contributed by atoms with Gasteiger partial charge in [-0.1, -0.05) is 55.1 Å². The van der Waals surface area contributed by atoms with Crippen molar-refractivity contribution in [1.82, 2.24) is 4.98 Å². The zero-order chi connectivity index (χ0) is 22.3. The molecule has 0 saturated carbocycles. The van der Waals surface area contributed by atoms with E-state index >= 15 is 0 Å². The summed E-state index contributed by atoms with van der Waals surface area (Å²) in [6.45, 7) is 7.79. The van der Waals surface area contributed by atoms with Crippen LogP contribution in [0.1, 0.15) is 12.5 Å². The Labute approximate surface area is 187 Å². The Bertz CT molecular complexity index is 1550. The minimum atomic E-state index is -3.51. The third kappa shape index (κ3) is 3.35. The maximum absolute atomic E-state index is 12.9. The van der Waals surface area contributed by atoms with Crippen LogP contribution in [0.15, 0.2) is 94.7 Å². The normalized spacial score (nSPS) is 11.9. The van der Waals surface area contributed by atoms with Crippen LogP contribution in [0.4, 0.5) is 5.69 Å². The van der Waals surface area contributed by atoms with E-state index in [9.17, 15) is 8.42 Å². The lowest BCUT2D eigenvalue weighted by Gasteiger charge is -2.25. The first-order valence-electron chi connectivity index (χ1n) is 10.6. The number of nitrogens with zero attached hydrogens (tertiary/aromatic N) is 1. The summed E-state index contributed by atoms with van der Waals surface area (Å²) in [4.78, 5) is 6.30. The van der Waals surface area contributed by atoms with Gasteiger partial charge in [0.15, 0.2) is 0 Å². The lowest BCUT2D eigenvalue weighted by molar-refractivity contribution is 0.596. The number of sulfone groups is 1. The quantitative estimate of drug-likeness (QED) is 0.389. The predicted molar refractivity (Wildman–Crippen MR) is 132 cm³/mol. The van der Waals surface area contributed by atoms with Crippen molar-refractivity contribution < 1.29 is 8.42 Å². The van der Waals surface area contributed by atoms with Gasteiger partial charge in [0.1, 0.15) is 0 Å². The first-order chi connectivity index (χ1) is 15.5. The zero-order valence-corrected chi connectivity index (χ0v) is 18.7. The molecule has 160 valence electrons. The van der Waals surface area contributed by atoms with Gasteiger partial charge in [0.2, 0.25) is 9.84 Å². The second-order valence-corrected chi connectivity index (χ2v) is 9.89. The van der Waals surface area contributed by atoms with Crippen molar-refractivity contribution in [3.63, 3.8) is 0 Å². The van der Waals surface area contributed by atoms with Gasteiger partial charge in [-0.25, -0.2) is 8.42 Å². The summed E-state index contributed by atoms with van der Waals surface area (Å²) in [5.41, 5.74) is 3.31. The van der Waals surface area contributed by atoms with Crippen molar-refractivity contribution in [1.29, 1.82) is 0 Å². The van der Waals surface area contributed by atoms with Crippen LogP contribution < -0.4 is 10.2 Å². The molecule has 5 heteroatoms. The largest absolute Gasteiger partial charge is 0.367 e. The molecule has 5 rings (SSSR count). The predicted octanol–water partition coefficient (Wildman–Crippen LogP) is 5.31. The molecule has 0 radical (unpaired) electrons. The molecule has 0 aliphatic rings. The third-order valence-corrected chi connectivity index (χ3v) is 7.80. The standard InChI is InChI=1S/C27H24N2O2S/c1-3-29(26-17-16-25-27-23(19(2)28-25)10-7-11-24(26)27)18-20-12-14-22(15-13-20)32(30,31)21-8-5-4-6-9-21/h4-17,28H,2-3,18H2,1H3. The van der Waals surface area contributed by atoms with Gasteiger partial charge < -0.3 is 9.88 Å². The van der Waals surface area contributed by atoms with E-state index in [1.165, 1.54) is 10.8 Å². The van der Waals surface area contributed by atoms with Gasteiger partial charge in [-0.2, -0.15) is 0 Å². The van der Waals surface area contributed by atoms with Crippen molar-refractivity contribution in [2.45, 2.75) is 23.3 Å². The molecule has 5 aromatic rings. The minimum Gasteiger partial charge on any atom is -0.367 e. The van der Waals surface area contributed by atoms with E-state index in [2.05, 4.69) is 53.7 Å². The molecule has 0 atom stereocenters. The van der Waals surface area contributed by atoms with Crippen molar-refractivity contribution in [3.05, 3.63) is 95.8 Å². The smallest absolute Gasteiger partial charge is 0.206 e. The number of anilines is 1. The zero-order valence-electron chi connectivity index (χ0n) is 17.9. The topological polar surface area (TPSA) is 53.2 Å². The molecule has 0 amide bonds. The van der Waals surface area contributed by atoms with Crippen LogP contribution in [0.2, 0.25) is 0 Å². The van der Waals surface area contributed by atoms with Gasteiger partial charge in [0.25, 0.3) is 0 Å². The highest BCUT2D eigenvalue weighted by molar-refractivity contribution is 7.91. The lowest BCUT2D eigenvalue weighted by atomic mass is 10.0. The Balaban J connectivity index is 1.47. The average molecular weight is 441 g/mol. The summed E-state index contributed by atoms with van der Waals surface area (Å²) >= 11 is 0. The Morgan fingerprint density at radius 2 is 1.50 bits per heavy atom. The van der Waals surface area contributed by atoms with E-state index in [0.29, 0.717) is 16.3 Å². The molecule has 0 fully saturated rings. The summed E-state index contributed by atoms with van der Waals surface area (Å²) in [7, 11) is -3.51. The first kappa shape index (κ1) is 20.3. The van der Waals surface area contributed by atoms with Crippen molar-refractivity contribution in [2.24, 2.45) is 0 Å². The fourth-order valence-electron chi connectivity index (χ4n) is 4.35. The SMILES string of the molecule is C=c1[nH]c2ccc(N(CC)Cc3ccc(S(=O)(=O)c4ccccc4)cc3)c3cccc1c23. The van der Waals surface area contributed by atoms with E-state index in [-0.39, 0.29) is 0 Å². The fourth-order valence-corrected chi connectivity index (χ4v) is 5.63. The van der Waals surface area contributed by atoms with E-state index < -0.39 is 9.84 Å². The second kappa shape index (κ2) is 7.84. The highest BCUT2D eigenvalue weighted by atomic mass is 32.2. The molecule has 0 bridgehead atoms. The number of hydrogen-bond acceptors (Lipinski definition) is 3. The molecule has 4 nitrogen and oxygen atoms in total. The summed E-state index contributed by atoms with van der Waals surface area (Å²) < 4.78 is 25.7. The van der Waals surface area contributed by atoms with Gasteiger partial charge in [0.05, 0.1) is 9.79 Å². The third-order valence-electron chi connectivity index (χ3n) is 6.01. The maximum Gasteiger partial charge on any atom is 0.206 e. The molecule has 32 heavy (non-hydrogen) atoms. The lowest BCUT2D eigenvalue weighted by Crippen LogP contribution is -2.22. The van der Waals surface area contributed by atoms with Gasteiger partial charge in [-0.05, 0) is 48.9 Å². The van der Waals surface area contributed by atoms with Crippen molar-refractivity contribution in [3.8, 4) is 0 Å². The number of hydrogen-bond donors (Lipinski definition) is 1. The minimum absolute atomic E-state index is 0.311. The number of benzene rings is 4.